The van der Waals surface area contributed by atoms with E-state index in [0.29, 0.717) is 19.4 Å². The Bertz CT molecular complexity index is 389. The molecule has 4 nitrogen and oxygen atoms in total. The van der Waals surface area contributed by atoms with Crippen LogP contribution in [0.2, 0.25) is 0 Å². The molecule has 0 bridgehead atoms. The van der Waals surface area contributed by atoms with Gasteiger partial charge in [0.2, 0.25) is 11.8 Å². The van der Waals surface area contributed by atoms with Crippen molar-refractivity contribution in [2.45, 2.75) is 18.9 Å². The number of amides is 2. The van der Waals surface area contributed by atoms with Gasteiger partial charge in [-0.25, -0.2) is 4.39 Å². The molecule has 5 heteroatoms. The number of nitrogens with zero attached hydrogens (tertiary/aromatic N) is 1. The predicted octanol–water partition coefficient (Wildman–Crippen LogP) is 0.502. The van der Waals surface area contributed by atoms with Crippen LogP contribution in [0.3, 0.4) is 0 Å². The van der Waals surface area contributed by atoms with Crippen LogP contribution in [0.15, 0.2) is 24.1 Å². The second-order valence-corrected chi connectivity index (χ2v) is 4.03. The summed E-state index contributed by atoms with van der Waals surface area (Å²) in [5.74, 6) is -1.80. The summed E-state index contributed by atoms with van der Waals surface area (Å²) in [6.45, 7) is 0.511. The minimum Gasteiger partial charge on any atom is -0.369 e. The number of hydrogen-bond donors (Lipinski definition) is 1. The number of likely N-dealkylation sites (tertiary alicyclic amines) is 1. The zero-order valence-corrected chi connectivity index (χ0v) is 8.73. The van der Waals surface area contributed by atoms with E-state index in [1.807, 2.05) is 0 Å². The largest absolute Gasteiger partial charge is 0.369 e. The van der Waals surface area contributed by atoms with E-state index in [1.54, 1.807) is 11.0 Å². The summed E-state index contributed by atoms with van der Waals surface area (Å²) in [5.41, 5.74) is 5.13. The Balaban J connectivity index is 2.06. The molecule has 2 aliphatic rings. The fourth-order valence-electron chi connectivity index (χ4n) is 2.11. The third-order valence-corrected chi connectivity index (χ3v) is 3.02. The van der Waals surface area contributed by atoms with Gasteiger partial charge in [0, 0.05) is 6.54 Å². The van der Waals surface area contributed by atoms with E-state index in [1.165, 1.54) is 12.2 Å². The number of primary amides is 1. The summed E-state index contributed by atoms with van der Waals surface area (Å²) in [6, 6.07) is -0.142. The van der Waals surface area contributed by atoms with Crippen molar-refractivity contribution in [2.24, 2.45) is 11.7 Å². The van der Waals surface area contributed by atoms with Crippen LogP contribution in [0.5, 0.6) is 0 Å². The molecule has 0 aromatic rings. The number of hydrogen-bond acceptors (Lipinski definition) is 2. The smallest absolute Gasteiger partial charge is 0.235 e. The van der Waals surface area contributed by atoms with Crippen LogP contribution in [0.25, 0.3) is 0 Å². The lowest BCUT2D eigenvalue weighted by Gasteiger charge is -2.25. The molecule has 2 rings (SSSR count). The molecule has 1 heterocycles. The van der Waals surface area contributed by atoms with Crippen molar-refractivity contribution in [1.29, 1.82) is 0 Å². The lowest BCUT2D eigenvalue weighted by molar-refractivity contribution is -0.137. The molecule has 16 heavy (non-hydrogen) atoms. The maximum atomic E-state index is 12.7. The lowest BCUT2D eigenvalue weighted by atomic mass is 10.1. The van der Waals surface area contributed by atoms with Crippen molar-refractivity contribution in [2.75, 3.05) is 6.54 Å². The third-order valence-electron chi connectivity index (χ3n) is 3.02. The van der Waals surface area contributed by atoms with Crippen molar-refractivity contribution in [3.63, 3.8) is 0 Å². The van der Waals surface area contributed by atoms with Gasteiger partial charge in [0.15, 0.2) is 0 Å². The Hall–Kier alpha value is -1.65. The Morgan fingerprint density at radius 1 is 1.56 bits per heavy atom. The highest BCUT2D eigenvalue weighted by Crippen LogP contribution is 2.25. The number of carbonyl (C=O) groups excluding carboxylic acids is 2. The van der Waals surface area contributed by atoms with Crippen LogP contribution < -0.4 is 5.73 Å². The van der Waals surface area contributed by atoms with Gasteiger partial charge in [-0.2, -0.15) is 0 Å². The summed E-state index contributed by atoms with van der Waals surface area (Å²) in [7, 11) is 0. The molecule has 0 aromatic carbocycles. The summed E-state index contributed by atoms with van der Waals surface area (Å²) in [6.07, 6.45) is 5.36. The quantitative estimate of drug-likeness (QED) is 0.694. The molecule has 0 spiro atoms. The molecular formula is C11H13FN2O2. The van der Waals surface area contributed by atoms with Crippen LogP contribution in [0, 0.1) is 5.92 Å². The number of halogens is 1. The minimum absolute atomic E-state index is 0.142. The average Bonchev–Trinajstić information content (AvgIpc) is 2.61. The van der Waals surface area contributed by atoms with Gasteiger partial charge in [-0.05, 0) is 25.0 Å². The van der Waals surface area contributed by atoms with E-state index in [9.17, 15) is 14.0 Å². The maximum Gasteiger partial charge on any atom is 0.235 e. The van der Waals surface area contributed by atoms with E-state index in [-0.39, 0.29) is 17.8 Å². The third kappa shape index (κ3) is 1.85. The molecule has 0 saturated carbocycles. The molecule has 1 aliphatic heterocycles. The van der Waals surface area contributed by atoms with Crippen LogP contribution >= 0.6 is 0 Å². The molecule has 0 radical (unpaired) electrons. The number of carbonyl (C=O) groups is 2. The summed E-state index contributed by atoms with van der Waals surface area (Å²) < 4.78 is 12.7. The maximum absolute atomic E-state index is 12.7. The van der Waals surface area contributed by atoms with Crippen molar-refractivity contribution in [3.8, 4) is 0 Å². The van der Waals surface area contributed by atoms with E-state index in [4.69, 9.17) is 5.73 Å². The first kappa shape index (κ1) is 10.9. The van der Waals surface area contributed by atoms with Crippen molar-refractivity contribution >= 4 is 11.8 Å². The van der Waals surface area contributed by atoms with Gasteiger partial charge in [-0.15, -0.1) is 0 Å². The standard InChI is InChI=1S/C11H13FN2O2/c12-7-1-3-8(4-2-7)14-6-5-9(10(13)15)11(14)16/h1-3,8-9H,4-6H2,(H2,13,15). The van der Waals surface area contributed by atoms with E-state index in [0.717, 1.165) is 0 Å². The van der Waals surface area contributed by atoms with Gasteiger partial charge in [-0.3, -0.25) is 9.59 Å². The first-order valence-electron chi connectivity index (χ1n) is 5.23. The Kier molecular flexibility index (Phi) is 2.77. The predicted molar refractivity (Wildman–Crippen MR) is 55.8 cm³/mol. The van der Waals surface area contributed by atoms with Gasteiger partial charge in [0.1, 0.15) is 11.7 Å². The first-order chi connectivity index (χ1) is 7.59. The van der Waals surface area contributed by atoms with Gasteiger partial charge < -0.3 is 10.6 Å². The molecule has 1 saturated heterocycles. The normalized spacial score (nSPS) is 29.4. The second-order valence-electron chi connectivity index (χ2n) is 4.03. The molecular weight excluding hydrogens is 211 g/mol. The second kappa shape index (κ2) is 4.08. The number of rotatable bonds is 2. The Labute approximate surface area is 92.6 Å². The van der Waals surface area contributed by atoms with E-state index in [2.05, 4.69) is 0 Å². The van der Waals surface area contributed by atoms with Gasteiger partial charge in [0.05, 0.1) is 6.04 Å². The minimum atomic E-state index is -0.704. The van der Waals surface area contributed by atoms with Crippen molar-refractivity contribution < 1.29 is 14.0 Å². The number of nitrogens with two attached hydrogens (primary N) is 1. The summed E-state index contributed by atoms with van der Waals surface area (Å²) in [5, 5.41) is 0. The highest BCUT2D eigenvalue weighted by atomic mass is 19.1. The topological polar surface area (TPSA) is 63.4 Å². The van der Waals surface area contributed by atoms with Gasteiger partial charge in [-0.1, -0.05) is 6.08 Å². The summed E-state index contributed by atoms with van der Waals surface area (Å²) >= 11 is 0. The zero-order valence-electron chi connectivity index (χ0n) is 8.73. The van der Waals surface area contributed by atoms with E-state index < -0.39 is 11.8 Å². The first-order valence-corrected chi connectivity index (χ1v) is 5.23. The monoisotopic (exact) mass is 224 g/mol. The van der Waals surface area contributed by atoms with Crippen LogP contribution in [0.4, 0.5) is 4.39 Å². The molecule has 86 valence electrons. The summed E-state index contributed by atoms with van der Waals surface area (Å²) in [4.78, 5) is 24.4. The SMILES string of the molecule is NC(=O)C1CCN(C2C=CC(F)=CC2)C1=O. The van der Waals surface area contributed by atoms with Crippen molar-refractivity contribution in [1.82, 2.24) is 4.90 Å². The molecule has 2 N–H and O–H groups in total. The Morgan fingerprint density at radius 3 is 2.81 bits per heavy atom. The molecule has 1 aliphatic carbocycles. The fourth-order valence-corrected chi connectivity index (χ4v) is 2.11. The average molecular weight is 224 g/mol. The molecule has 0 aromatic heterocycles. The molecule has 2 unspecified atom stereocenters. The van der Waals surface area contributed by atoms with Crippen LogP contribution in [-0.2, 0) is 9.59 Å². The zero-order chi connectivity index (χ0) is 11.7. The van der Waals surface area contributed by atoms with Gasteiger partial charge >= 0.3 is 0 Å². The molecule has 2 amide bonds. The van der Waals surface area contributed by atoms with Crippen molar-refractivity contribution in [3.05, 3.63) is 24.1 Å². The lowest BCUT2D eigenvalue weighted by Crippen LogP contribution is -2.39. The Morgan fingerprint density at radius 2 is 2.31 bits per heavy atom. The highest BCUT2D eigenvalue weighted by Gasteiger charge is 2.38. The van der Waals surface area contributed by atoms with Crippen LogP contribution in [-0.4, -0.2) is 29.3 Å². The van der Waals surface area contributed by atoms with Crippen LogP contribution in [0.1, 0.15) is 12.8 Å². The fraction of sp³-hybridized carbons (Fsp3) is 0.455. The highest BCUT2D eigenvalue weighted by molar-refractivity contribution is 6.01. The molecule has 1 fully saturated rings. The molecule has 2 atom stereocenters. The number of allylic oxidation sites excluding steroid dienone is 2. The van der Waals surface area contributed by atoms with Gasteiger partial charge in [0.25, 0.3) is 0 Å². The van der Waals surface area contributed by atoms with E-state index >= 15 is 0 Å².